The highest BCUT2D eigenvalue weighted by molar-refractivity contribution is 5.77. The van der Waals surface area contributed by atoms with Crippen LogP contribution in [0.5, 0.6) is 0 Å². The minimum atomic E-state index is -0.505. The van der Waals surface area contributed by atoms with Gasteiger partial charge in [-0.1, -0.05) is 0 Å². The SMILES string of the molecule is COC1(CC(=O)N2CCOCC3(CCC(Cn4ncccc4=O)O3)C2)CCC1. The van der Waals surface area contributed by atoms with Gasteiger partial charge in [0.2, 0.25) is 5.91 Å². The van der Waals surface area contributed by atoms with E-state index in [4.69, 9.17) is 14.2 Å². The van der Waals surface area contributed by atoms with E-state index in [-0.39, 0.29) is 23.2 Å². The summed E-state index contributed by atoms with van der Waals surface area (Å²) in [6.07, 6.45) is 6.55. The van der Waals surface area contributed by atoms with E-state index in [2.05, 4.69) is 5.10 Å². The smallest absolute Gasteiger partial charge is 0.266 e. The molecular formula is C20H29N3O5. The van der Waals surface area contributed by atoms with Gasteiger partial charge in [-0.2, -0.15) is 5.10 Å². The number of amides is 1. The molecule has 8 heteroatoms. The standard InChI is InChI=1S/C20H29N3O5/c1-26-19(6-3-7-19)12-18(25)22-10-11-27-15-20(14-22)8-5-16(28-20)13-23-17(24)4-2-9-21-23/h2,4,9,16H,3,5-8,10-15H2,1H3. The first-order valence-corrected chi connectivity index (χ1v) is 10.1. The van der Waals surface area contributed by atoms with E-state index in [1.165, 1.54) is 10.7 Å². The number of carbonyl (C=O) groups is 1. The normalized spacial score (nSPS) is 29.5. The molecule has 2 saturated heterocycles. The first-order chi connectivity index (χ1) is 13.5. The van der Waals surface area contributed by atoms with Crippen LogP contribution in [0.15, 0.2) is 23.1 Å². The summed E-state index contributed by atoms with van der Waals surface area (Å²) in [6.45, 7) is 2.51. The zero-order valence-electron chi connectivity index (χ0n) is 16.5. The van der Waals surface area contributed by atoms with Gasteiger partial charge in [-0.15, -0.1) is 0 Å². The molecule has 2 unspecified atom stereocenters. The van der Waals surface area contributed by atoms with Crippen LogP contribution in [0.3, 0.4) is 0 Å². The fourth-order valence-electron chi connectivity index (χ4n) is 4.49. The summed E-state index contributed by atoms with van der Waals surface area (Å²) in [4.78, 5) is 26.8. The Labute approximate surface area is 164 Å². The molecule has 0 N–H and O–H groups in total. The number of hydrogen-bond donors (Lipinski definition) is 0. The van der Waals surface area contributed by atoms with Gasteiger partial charge in [0.25, 0.3) is 5.56 Å². The molecule has 2 atom stereocenters. The fraction of sp³-hybridized carbons (Fsp3) is 0.750. The Morgan fingerprint density at radius 2 is 2.25 bits per heavy atom. The monoisotopic (exact) mass is 391 g/mol. The summed E-state index contributed by atoms with van der Waals surface area (Å²) in [7, 11) is 1.70. The maximum atomic E-state index is 13.0. The van der Waals surface area contributed by atoms with Gasteiger partial charge in [0, 0.05) is 25.9 Å². The van der Waals surface area contributed by atoms with Crippen molar-refractivity contribution in [3.8, 4) is 0 Å². The molecular weight excluding hydrogens is 362 g/mol. The van der Waals surface area contributed by atoms with E-state index < -0.39 is 5.60 Å². The minimum Gasteiger partial charge on any atom is -0.378 e. The van der Waals surface area contributed by atoms with E-state index in [1.54, 1.807) is 19.4 Å². The van der Waals surface area contributed by atoms with Crippen LogP contribution in [-0.4, -0.2) is 71.3 Å². The van der Waals surface area contributed by atoms with Crippen LogP contribution in [0.4, 0.5) is 0 Å². The lowest BCUT2D eigenvalue weighted by Gasteiger charge is -2.41. The molecule has 154 valence electrons. The average molecular weight is 391 g/mol. The number of methoxy groups -OCH3 is 1. The van der Waals surface area contributed by atoms with Gasteiger partial charge in [0.1, 0.15) is 5.60 Å². The van der Waals surface area contributed by atoms with Crippen LogP contribution >= 0.6 is 0 Å². The molecule has 1 aliphatic carbocycles. The van der Waals surface area contributed by atoms with Crippen molar-refractivity contribution in [1.29, 1.82) is 0 Å². The number of hydrogen-bond acceptors (Lipinski definition) is 6. The van der Waals surface area contributed by atoms with Crippen molar-refractivity contribution in [2.75, 3.05) is 33.4 Å². The molecule has 3 heterocycles. The zero-order valence-corrected chi connectivity index (χ0v) is 16.5. The molecule has 0 aromatic carbocycles. The quantitative estimate of drug-likeness (QED) is 0.744. The molecule has 4 rings (SSSR count). The van der Waals surface area contributed by atoms with Crippen molar-refractivity contribution < 1.29 is 19.0 Å². The van der Waals surface area contributed by atoms with E-state index in [1.807, 2.05) is 4.90 Å². The van der Waals surface area contributed by atoms with Crippen LogP contribution in [0.2, 0.25) is 0 Å². The third kappa shape index (κ3) is 3.99. The Kier molecular flexibility index (Phi) is 5.53. The van der Waals surface area contributed by atoms with Gasteiger partial charge in [-0.3, -0.25) is 9.59 Å². The lowest BCUT2D eigenvalue weighted by Crippen LogP contribution is -2.50. The maximum absolute atomic E-state index is 13.0. The fourth-order valence-corrected chi connectivity index (χ4v) is 4.49. The predicted octanol–water partition coefficient (Wildman–Crippen LogP) is 0.979. The second-order valence-electron chi connectivity index (χ2n) is 8.29. The second-order valence-corrected chi connectivity index (χ2v) is 8.29. The van der Waals surface area contributed by atoms with Crippen molar-refractivity contribution in [2.45, 2.75) is 62.4 Å². The van der Waals surface area contributed by atoms with E-state index >= 15 is 0 Å². The van der Waals surface area contributed by atoms with E-state index in [9.17, 15) is 9.59 Å². The molecule has 1 spiro atoms. The highest BCUT2D eigenvalue weighted by Crippen LogP contribution is 2.39. The molecule has 2 aliphatic heterocycles. The zero-order chi connectivity index (χ0) is 19.6. The lowest BCUT2D eigenvalue weighted by molar-refractivity contribution is -0.148. The van der Waals surface area contributed by atoms with Gasteiger partial charge in [0.05, 0.1) is 44.4 Å². The number of aromatic nitrogens is 2. The van der Waals surface area contributed by atoms with Gasteiger partial charge < -0.3 is 19.1 Å². The van der Waals surface area contributed by atoms with Crippen LogP contribution < -0.4 is 5.56 Å². The van der Waals surface area contributed by atoms with E-state index in [0.29, 0.717) is 39.3 Å². The molecule has 1 amide bonds. The van der Waals surface area contributed by atoms with Crippen molar-refractivity contribution in [3.63, 3.8) is 0 Å². The van der Waals surface area contributed by atoms with Gasteiger partial charge in [0.15, 0.2) is 0 Å². The van der Waals surface area contributed by atoms with Crippen molar-refractivity contribution >= 4 is 5.91 Å². The summed E-state index contributed by atoms with van der Waals surface area (Å²) in [5.41, 5.74) is -0.919. The maximum Gasteiger partial charge on any atom is 0.266 e. The third-order valence-electron chi connectivity index (χ3n) is 6.37. The topological polar surface area (TPSA) is 82.9 Å². The minimum absolute atomic E-state index is 0.108. The lowest BCUT2D eigenvalue weighted by atomic mass is 9.77. The molecule has 3 fully saturated rings. The number of nitrogens with zero attached hydrogens (tertiary/aromatic N) is 3. The summed E-state index contributed by atoms with van der Waals surface area (Å²) in [5.74, 6) is 0.111. The predicted molar refractivity (Wildman–Crippen MR) is 101 cm³/mol. The van der Waals surface area contributed by atoms with Crippen molar-refractivity contribution in [3.05, 3.63) is 28.7 Å². The molecule has 1 saturated carbocycles. The van der Waals surface area contributed by atoms with Crippen LogP contribution in [-0.2, 0) is 25.5 Å². The Morgan fingerprint density at radius 1 is 1.39 bits per heavy atom. The van der Waals surface area contributed by atoms with Gasteiger partial charge in [-0.25, -0.2) is 4.68 Å². The summed E-state index contributed by atoms with van der Waals surface area (Å²) >= 11 is 0. The molecule has 28 heavy (non-hydrogen) atoms. The molecule has 0 radical (unpaired) electrons. The number of carbonyl (C=O) groups excluding carboxylic acids is 1. The van der Waals surface area contributed by atoms with Crippen LogP contribution in [0.1, 0.15) is 38.5 Å². The molecule has 0 bridgehead atoms. The van der Waals surface area contributed by atoms with Crippen molar-refractivity contribution in [2.24, 2.45) is 0 Å². The largest absolute Gasteiger partial charge is 0.378 e. The number of rotatable bonds is 5. The third-order valence-corrected chi connectivity index (χ3v) is 6.37. The second kappa shape index (κ2) is 7.93. The average Bonchev–Trinajstić information content (AvgIpc) is 2.92. The Morgan fingerprint density at radius 3 is 2.96 bits per heavy atom. The molecule has 8 nitrogen and oxygen atoms in total. The molecule has 3 aliphatic rings. The van der Waals surface area contributed by atoms with Gasteiger partial charge >= 0.3 is 0 Å². The Hall–Kier alpha value is -1.77. The first-order valence-electron chi connectivity index (χ1n) is 10.1. The highest BCUT2D eigenvalue weighted by Gasteiger charge is 2.46. The van der Waals surface area contributed by atoms with Crippen molar-refractivity contribution in [1.82, 2.24) is 14.7 Å². The molecule has 1 aromatic heterocycles. The highest BCUT2D eigenvalue weighted by atomic mass is 16.6. The van der Waals surface area contributed by atoms with Crippen LogP contribution in [0.25, 0.3) is 0 Å². The summed E-state index contributed by atoms with van der Waals surface area (Å²) in [6, 6.07) is 3.13. The molecule has 1 aromatic rings. The number of ether oxygens (including phenoxy) is 3. The van der Waals surface area contributed by atoms with Gasteiger partial charge in [-0.05, 0) is 38.2 Å². The Balaban J connectivity index is 1.40. The Bertz CT molecular complexity index is 757. The summed E-state index contributed by atoms with van der Waals surface area (Å²) in [5, 5.41) is 4.12. The van der Waals surface area contributed by atoms with E-state index in [0.717, 1.165) is 32.1 Å². The summed E-state index contributed by atoms with van der Waals surface area (Å²) < 4.78 is 19.2. The van der Waals surface area contributed by atoms with Crippen LogP contribution in [0, 0.1) is 0 Å². The first kappa shape index (κ1) is 19.5.